The standard InChI is InChI=1S/C13H22N4O2/c1-17(10-7-5-4-6-9(10)14)13-15-11(18-2)8-12(16-13)19-3/h8-10H,4-7,14H2,1-3H3. The summed E-state index contributed by atoms with van der Waals surface area (Å²) in [7, 11) is 5.14. The second-order valence-corrected chi connectivity index (χ2v) is 4.88. The van der Waals surface area contributed by atoms with Gasteiger partial charge in [0.25, 0.3) is 0 Å². The molecule has 1 fully saturated rings. The van der Waals surface area contributed by atoms with E-state index >= 15 is 0 Å². The summed E-state index contributed by atoms with van der Waals surface area (Å²) in [6, 6.07) is 2.10. The van der Waals surface area contributed by atoms with E-state index in [1.165, 1.54) is 12.8 Å². The van der Waals surface area contributed by atoms with Gasteiger partial charge in [-0.1, -0.05) is 12.8 Å². The van der Waals surface area contributed by atoms with Gasteiger partial charge in [-0.05, 0) is 12.8 Å². The summed E-state index contributed by atoms with van der Waals surface area (Å²) in [5, 5.41) is 0. The number of hydrogen-bond acceptors (Lipinski definition) is 6. The molecule has 1 aromatic rings. The normalized spacial score (nSPS) is 22.9. The lowest BCUT2D eigenvalue weighted by Gasteiger charge is -2.36. The molecule has 0 aromatic carbocycles. The van der Waals surface area contributed by atoms with Gasteiger partial charge in [0.1, 0.15) is 0 Å². The number of anilines is 1. The van der Waals surface area contributed by atoms with E-state index in [9.17, 15) is 0 Å². The van der Waals surface area contributed by atoms with Crippen LogP contribution >= 0.6 is 0 Å². The molecule has 6 nitrogen and oxygen atoms in total. The monoisotopic (exact) mass is 266 g/mol. The van der Waals surface area contributed by atoms with Crippen LogP contribution in [0, 0.1) is 0 Å². The van der Waals surface area contributed by atoms with Gasteiger partial charge in [-0.25, -0.2) is 0 Å². The van der Waals surface area contributed by atoms with Crippen molar-refractivity contribution in [2.75, 3.05) is 26.2 Å². The lowest BCUT2D eigenvalue weighted by Crippen LogP contribution is -2.48. The zero-order valence-electron chi connectivity index (χ0n) is 11.8. The van der Waals surface area contributed by atoms with Crippen molar-refractivity contribution in [3.8, 4) is 11.8 Å². The molecule has 0 saturated heterocycles. The van der Waals surface area contributed by atoms with E-state index in [0.717, 1.165) is 12.8 Å². The summed E-state index contributed by atoms with van der Waals surface area (Å²) < 4.78 is 10.3. The summed E-state index contributed by atoms with van der Waals surface area (Å²) in [6.07, 6.45) is 4.52. The molecule has 2 unspecified atom stereocenters. The SMILES string of the molecule is COc1cc(OC)nc(N(C)C2CCCCC2N)n1. The Balaban J connectivity index is 2.24. The molecule has 0 amide bonds. The van der Waals surface area contributed by atoms with Crippen LogP contribution in [0.25, 0.3) is 0 Å². The summed E-state index contributed by atoms with van der Waals surface area (Å²) in [5.41, 5.74) is 6.20. The molecular weight excluding hydrogens is 244 g/mol. The third-order valence-electron chi connectivity index (χ3n) is 3.68. The molecule has 106 valence electrons. The molecule has 19 heavy (non-hydrogen) atoms. The zero-order valence-corrected chi connectivity index (χ0v) is 11.8. The van der Waals surface area contributed by atoms with Gasteiger partial charge in [0, 0.05) is 19.1 Å². The van der Waals surface area contributed by atoms with Crippen molar-refractivity contribution in [2.45, 2.75) is 37.8 Å². The van der Waals surface area contributed by atoms with Crippen molar-refractivity contribution in [1.29, 1.82) is 0 Å². The van der Waals surface area contributed by atoms with Gasteiger partial charge in [0.2, 0.25) is 17.7 Å². The Morgan fingerprint density at radius 1 is 1.16 bits per heavy atom. The third kappa shape index (κ3) is 3.07. The number of aromatic nitrogens is 2. The first-order valence-electron chi connectivity index (χ1n) is 6.61. The molecular formula is C13H22N4O2. The van der Waals surface area contributed by atoms with E-state index in [1.54, 1.807) is 20.3 Å². The van der Waals surface area contributed by atoms with Crippen LogP contribution in [0.4, 0.5) is 5.95 Å². The highest BCUT2D eigenvalue weighted by molar-refractivity contribution is 5.37. The Morgan fingerprint density at radius 3 is 2.26 bits per heavy atom. The molecule has 1 aliphatic carbocycles. The van der Waals surface area contributed by atoms with E-state index < -0.39 is 0 Å². The fourth-order valence-corrected chi connectivity index (χ4v) is 2.53. The van der Waals surface area contributed by atoms with Crippen LogP contribution in [-0.4, -0.2) is 43.3 Å². The molecule has 1 heterocycles. The molecule has 0 spiro atoms. The second-order valence-electron chi connectivity index (χ2n) is 4.88. The minimum atomic E-state index is 0.166. The van der Waals surface area contributed by atoms with E-state index in [2.05, 4.69) is 9.97 Å². The first kappa shape index (κ1) is 13.9. The Morgan fingerprint density at radius 2 is 1.74 bits per heavy atom. The van der Waals surface area contributed by atoms with Crippen LogP contribution in [0.2, 0.25) is 0 Å². The van der Waals surface area contributed by atoms with Crippen molar-refractivity contribution in [3.63, 3.8) is 0 Å². The van der Waals surface area contributed by atoms with Crippen molar-refractivity contribution in [3.05, 3.63) is 6.07 Å². The Hall–Kier alpha value is -1.56. The predicted octanol–water partition coefficient (Wildman–Crippen LogP) is 1.20. The highest BCUT2D eigenvalue weighted by Gasteiger charge is 2.27. The molecule has 0 radical (unpaired) electrons. The van der Waals surface area contributed by atoms with Crippen LogP contribution in [0.5, 0.6) is 11.8 Å². The summed E-state index contributed by atoms with van der Waals surface area (Å²) in [6.45, 7) is 0. The molecule has 1 aromatic heterocycles. The van der Waals surface area contributed by atoms with Gasteiger partial charge in [-0.3, -0.25) is 0 Å². The van der Waals surface area contributed by atoms with E-state index in [4.69, 9.17) is 15.2 Å². The van der Waals surface area contributed by atoms with E-state index in [0.29, 0.717) is 17.7 Å². The fourth-order valence-electron chi connectivity index (χ4n) is 2.53. The van der Waals surface area contributed by atoms with Gasteiger partial charge < -0.3 is 20.1 Å². The molecule has 2 N–H and O–H groups in total. The molecule has 2 atom stereocenters. The maximum Gasteiger partial charge on any atom is 0.232 e. The number of likely N-dealkylation sites (N-methyl/N-ethyl adjacent to an activating group) is 1. The molecule has 2 rings (SSSR count). The average Bonchev–Trinajstić information content (AvgIpc) is 2.46. The van der Waals surface area contributed by atoms with Crippen LogP contribution in [0.1, 0.15) is 25.7 Å². The van der Waals surface area contributed by atoms with Crippen LogP contribution in [0.3, 0.4) is 0 Å². The molecule has 1 aliphatic rings. The van der Waals surface area contributed by atoms with Gasteiger partial charge in [-0.2, -0.15) is 9.97 Å². The second kappa shape index (κ2) is 6.06. The fraction of sp³-hybridized carbons (Fsp3) is 0.692. The van der Waals surface area contributed by atoms with E-state index in [-0.39, 0.29) is 12.1 Å². The number of rotatable bonds is 4. The number of methoxy groups -OCH3 is 2. The van der Waals surface area contributed by atoms with Gasteiger partial charge >= 0.3 is 0 Å². The topological polar surface area (TPSA) is 73.5 Å². The van der Waals surface area contributed by atoms with Gasteiger partial charge in [-0.15, -0.1) is 0 Å². The van der Waals surface area contributed by atoms with Crippen molar-refractivity contribution >= 4 is 5.95 Å². The molecule has 0 aliphatic heterocycles. The van der Waals surface area contributed by atoms with Crippen LogP contribution < -0.4 is 20.1 Å². The first-order valence-corrected chi connectivity index (χ1v) is 6.61. The highest BCUT2D eigenvalue weighted by Crippen LogP contribution is 2.26. The molecule has 0 bridgehead atoms. The Labute approximate surface area is 113 Å². The van der Waals surface area contributed by atoms with Gasteiger partial charge in [0.05, 0.1) is 20.3 Å². The Bertz CT molecular complexity index is 405. The third-order valence-corrected chi connectivity index (χ3v) is 3.68. The largest absolute Gasteiger partial charge is 0.481 e. The number of ether oxygens (including phenoxy) is 2. The summed E-state index contributed by atoms with van der Waals surface area (Å²) in [4.78, 5) is 10.8. The minimum absolute atomic E-state index is 0.166. The smallest absolute Gasteiger partial charge is 0.232 e. The number of hydrogen-bond donors (Lipinski definition) is 1. The predicted molar refractivity (Wildman–Crippen MR) is 73.8 cm³/mol. The molecule has 6 heteroatoms. The van der Waals surface area contributed by atoms with Crippen molar-refractivity contribution in [1.82, 2.24) is 9.97 Å². The lowest BCUT2D eigenvalue weighted by atomic mass is 9.90. The number of nitrogens with zero attached hydrogens (tertiary/aromatic N) is 3. The first-order chi connectivity index (χ1) is 9.15. The minimum Gasteiger partial charge on any atom is -0.481 e. The number of nitrogens with two attached hydrogens (primary N) is 1. The maximum absolute atomic E-state index is 6.20. The Kier molecular flexibility index (Phi) is 4.42. The van der Waals surface area contributed by atoms with Crippen molar-refractivity contribution in [2.24, 2.45) is 5.73 Å². The highest BCUT2D eigenvalue weighted by atomic mass is 16.5. The van der Waals surface area contributed by atoms with Crippen molar-refractivity contribution < 1.29 is 9.47 Å². The quantitative estimate of drug-likeness (QED) is 0.882. The molecule has 1 saturated carbocycles. The zero-order chi connectivity index (χ0) is 13.8. The van der Waals surface area contributed by atoms with Crippen LogP contribution in [0.15, 0.2) is 6.07 Å². The average molecular weight is 266 g/mol. The van der Waals surface area contributed by atoms with E-state index in [1.807, 2.05) is 11.9 Å². The van der Waals surface area contributed by atoms with Crippen LogP contribution in [-0.2, 0) is 0 Å². The summed E-state index contributed by atoms with van der Waals surface area (Å²) >= 11 is 0. The van der Waals surface area contributed by atoms with Gasteiger partial charge in [0.15, 0.2) is 0 Å². The lowest BCUT2D eigenvalue weighted by molar-refractivity contribution is 0.357. The summed E-state index contributed by atoms with van der Waals surface area (Å²) in [5.74, 6) is 1.59. The maximum atomic E-state index is 6.20.